The molecule has 0 atom stereocenters. The number of hydrogen-bond acceptors (Lipinski definition) is 5. The van der Waals surface area contributed by atoms with Crippen molar-refractivity contribution in [1.29, 1.82) is 0 Å². The number of nitrogens with zero attached hydrogens (tertiary/aromatic N) is 2. The van der Waals surface area contributed by atoms with E-state index in [9.17, 15) is 4.79 Å². The third-order valence-electron chi connectivity index (χ3n) is 3.36. The zero-order chi connectivity index (χ0) is 15.9. The van der Waals surface area contributed by atoms with Gasteiger partial charge in [-0.15, -0.1) is 11.3 Å². The van der Waals surface area contributed by atoms with E-state index in [2.05, 4.69) is 27.4 Å². The zero-order valence-electron chi connectivity index (χ0n) is 12.6. The van der Waals surface area contributed by atoms with Crippen LogP contribution < -0.4 is 5.32 Å². The van der Waals surface area contributed by atoms with Crippen LogP contribution in [0.5, 0.6) is 0 Å². The minimum atomic E-state index is 0.0476. The Hall–Kier alpha value is -1.92. The second kappa shape index (κ2) is 8.08. The van der Waals surface area contributed by atoms with Crippen molar-refractivity contribution in [3.8, 4) is 0 Å². The minimum Gasteiger partial charge on any atom is -0.355 e. The third kappa shape index (κ3) is 4.53. The van der Waals surface area contributed by atoms with Gasteiger partial charge in [0.15, 0.2) is 0 Å². The van der Waals surface area contributed by atoms with Crippen molar-refractivity contribution in [2.24, 2.45) is 0 Å². The van der Waals surface area contributed by atoms with Crippen LogP contribution in [0, 0.1) is 0 Å². The van der Waals surface area contributed by atoms with Crippen molar-refractivity contribution in [1.82, 2.24) is 15.3 Å². The zero-order valence-corrected chi connectivity index (χ0v) is 14.2. The molecule has 0 spiro atoms. The monoisotopic (exact) mass is 343 g/mol. The summed E-state index contributed by atoms with van der Waals surface area (Å²) in [4.78, 5) is 20.4. The Labute approximate surface area is 143 Å². The lowest BCUT2D eigenvalue weighted by molar-refractivity contribution is -0.118. The van der Waals surface area contributed by atoms with Crippen LogP contribution in [-0.4, -0.2) is 28.2 Å². The molecule has 3 aromatic rings. The van der Waals surface area contributed by atoms with Crippen LogP contribution in [0.1, 0.15) is 12.0 Å². The highest BCUT2D eigenvalue weighted by atomic mass is 32.2. The van der Waals surface area contributed by atoms with Crippen LogP contribution in [0.4, 0.5) is 0 Å². The van der Waals surface area contributed by atoms with Crippen LogP contribution in [0.2, 0.25) is 0 Å². The lowest BCUT2D eigenvalue weighted by Gasteiger charge is -2.05. The molecule has 0 saturated heterocycles. The summed E-state index contributed by atoms with van der Waals surface area (Å²) in [6.07, 6.45) is 3.48. The number of nitrogens with one attached hydrogen (secondary N) is 1. The smallest absolute Gasteiger partial charge is 0.230 e. The molecule has 0 unspecified atom stereocenters. The molecule has 1 aromatic carbocycles. The number of benzene rings is 1. The first-order chi connectivity index (χ1) is 11.3. The van der Waals surface area contributed by atoms with Gasteiger partial charge >= 0.3 is 0 Å². The van der Waals surface area contributed by atoms with Crippen LogP contribution in [0.15, 0.2) is 53.1 Å². The molecule has 0 aliphatic rings. The molecule has 0 bridgehead atoms. The lowest BCUT2D eigenvalue weighted by Crippen LogP contribution is -2.26. The average molecular weight is 343 g/mol. The summed E-state index contributed by atoms with van der Waals surface area (Å²) in [5, 5.41) is 5.84. The first-order valence-electron chi connectivity index (χ1n) is 7.44. The molecule has 0 aliphatic heterocycles. The number of thioether (sulfide) groups is 1. The van der Waals surface area contributed by atoms with E-state index in [0.29, 0.717) is 12.3 Å². The predicted molar refractivity (Wildman–Crippen MR) is 95.9 cm³/mol. The Morgan fingerprint density at radius 3 is 2.91 bits per heavy atom. The molecule has 1 amide bonds. The number of hydrogen-bond donors (Lipinski definition) is 1. The highest BCUT2D eigenvalue weighted by Gasteiger charge is 2.08. The molecule has 23 heavy (non-hydrogen) atoms. The van der Waals surface area contributed by atoms with E-state index in [-0.39, 0.29) is 5.91 Å². The van der Waals surface area contributed by atoms with E-state index < -0.39 is 0 Å². The number of carbonyl (C=O) groups excluding carboxylic acids is 1. The molecular weight excluding hydrogens is 326 g/mol. The molecule has 118 valence electrons. The number of rotatable bonds is 7. The molecule has 1 N–H and O–H groups in total. The highest BCUT2D eigenvalue weighted by molar-refractivity contribution is 8.00. The number of aryl methyl sites for hydroxylation is 1. The predicted octanol–water partition coefficient (Wildman–Crippen LogP) is 3.53. The standard InChI is InChI=1S/C17H17N3OS2/c21-15(18-9-4-7-13-5-2-1-3-6-13)11-23-17-16-14(8-10-22-16)19-12-20-17/h1-3,5-6,8,10,12H,4,7,9,11H2,(H,18,21). The topological polar surface area (TPSA) is 54.9 Å². The second-order valence-corrected chi connectivity index (χ2v) is 6.92. The van der Waals surface area contributed by atoms with Crippen molar-refractivity contribution in [2.75, 3.05) is 12.3 Å². The largest absolute Gasteiger partial charge is 0.355 e. The first kappa shape index (κ1) is 16.0. The minimum absolute atomic E-state index is 0.0476. The summed E-state index contributed by atoms with van der Waals surface area (Å²) < 4.78 is 1.05. The molecule has 0 aliphatic carbocycles. The molecule has 2 aromatic heterocycles. The quantitative estimate of drug-likeness (QED) is 0.405. The summed E-state index contributed by atoms with van der Waals surface area (Å²) in [6.45, 7) is 0.701. The van der Waals surface area contributed by atoms with Gasteiger partial charge in [-0.3, -0.25) is 4.79 Å². The third-order valence-corrected chi connectivity index (χ3v) is 5.39. The van der Waals surface area contributed by atoms with E-state index >= 15 is 0 Å². The SMILES string of the molecule is O=C(CSc1ncnc2ccsc12)NCCCc1ccccc1. The fourth-order valence-electron chi connectivity index (χ4n) is 2.22. The molecule has 2 heterocycles. The number of fused-ring (bicyclic) bond motifs is 1. The molecule has 6 heteroatoms. The van der Waals surface area contributed by atoms with E-state index in [4.69, 9.17) is 0 Å². The van der Waals surface area contributed by atoms with Crippen LogP contribution in [-0.2, 0) is 11.2 Å². The Morgan fingerprint density at radius 1 is 1.17 bits per heavy atom. The van der Waals surface area contributed by atoms with Gasteiger partial charge in [0.25, 0.3) is 0 Å². The van der Waals surface area contributed by atoms with E-state index in [0.717, 1.165) is 28.1 Å². The molecule has 0 saturated carbocycles. The number of thiophene rings is 1. The fraction of sp³-hybridized carbons (Fsp3) is 0.235. The van der Waals surface area contributed by atoms with E-state index in [1.165, 1.54) is 17.3 Å². The maximum absolute atomic E-state index is 11.9. The second-order valence-electron chi connectivity index (χ2n) is 5.04. The van der Waals surface area contributed by atoms with Crippen LogP contribution >= 0.6 is 23.1 Å². The summed E-state index contributed by atoms with van der Waals surface area (Å²) in [6, 6.07) is 12.3. The number of amides is 1. The Kier molecular flexibility index (Phi) is 5.60. The summed E-state index contributed by atoms with van der Waals surface area (Å²) >= 11 is 3.07. The lowest BCUT2D eigenvalue weighted by atomic mass is 10.1. The van der Waals surface area contributed by atoms with Crippen molar-refractivity contribution in [3.63, 3.8) is 0 Å². The maximum atomic E-state index is 11.9. The van der Waals surface area contributed by atoms with Gasteiger partial charge in [0, 0.05) is 6.54 Å². The van der Waals surface area contributed by atoms with Crippen molar-refractivity contribution >= 4 is 39.2 Å². The Bertz CT molecular complexity index is 774. The molecular formula is C17H17N3OS2. The molecule has 3 rings (SSSR count). The highest BCUT2D eigenvalue weighted by Crippen LogP contribution is 2.28. The van der Waals surface area contributed by atoms with E-state index in [1.54, 1.807) is 17.7 Å². The van der Waals surface area contributed by atoms with Crippen LogP contribution in [0.25, 0.3) is 10.2 Å². The van der Waals surface area contributed by atoms with Gasteiger partial charge in [0.05, 0.1) is 16.0 Å². The maximum Gasteiger partial charge on any atom is 0.230 e. The van der Waals surface area contributed by atoms with Gasteiger partial charge in [0.1, 0.15) is 11.4 Å². The number of aromatic nitrogens is 2. The van der Waals surface area contributed by atoms with Crippen molar-refractivity contribution in [3.05, 3.63) is 53.7 Å². The molecule has 0 fully saturated rings. The van der Waals surface area contributed by atoms with Gasteiger partial charge in [-0.2, -0.15) is 0 Å². The van der Waals surface area contributed by atoms with Gasteiger partial charge in [-0.05, 0) is 29.9 Å². The summed E-state index contributed by atoms with van der Waals surface area (Å²) in [5.41, 5.74) is 2.24. The number of carbonyl (C=O) groups is 1. The average Bonchev–Trinajstić information content (AvgIpc) is 3.07. The summed E-state index contributed by atoms with van der Waals surface area (Å²) in [7, 11) is 0. The molecule has 0 radical (unpaired) electrons. The Balaban J connectivity index is 1.41. The van der Waals surface area contributed by atoms with Crippen molar-refractivity contribution < 1.29 is 4.79 Å². The molecule has 4 nitrogen and oxygen atoms in total. The van der Waals surface area contributed by atoms with E-state index in [1.807, 2.05) is 29.6 Å². The fourth-order valence-corrected chi connectivity index (χ4v) is 4.00. The van der Waals surface area contributed by atoms with Crippen molar-refractivity contribution in [2.45, 2.75) is 17.9 Å². The van der Waals surface area contributed by atoms with Gasteiger partial charge < -0.3 is 5.32 Å². The first-order valence-corrected chi connectivity index (χ1v) is 9.31. The Morgan fingerprint density at radius 2 is 2.04 bits per heavy atom. The summed E-state index contributed by atoms with van der Waals surface area (Å²) in [5.74, 6) is 0.432. The van der Waals surface area contributed by atoms with Gasteiger partial charge in [-0.1, -0.05) is 42.1 Å². The van der Waals surface area contributed by atoms with Gasteiger partial charge in [-0.25, -0.2) is 9.97 Å². The van der Waals surface area contributed by atoms with Gasteiger partial charge in [0.2, 0.25) is 5.91 Å². The normalized spacial score (nSPS) is 10.8. The van der Waals surface area contributed by atoms with Crippen LogP contribution in [0.3, 0.4) is 0 Å².